The van der Waals surface area contributed by atoms with Gasteiger partial charge in [0, 0.05) is 10.9 Å². The first kappa shape index (κ1) is 19.8. The first-order valence-electron chi connectivity index (χ1n) is 8.47. The first-order chi connectivity index (χ1) is 13.4. The summed E-state index contributed by atoms with van der Waals surface area (Å²) in [5, 5.41) is 15.0. The number of nitrogens with two attached hydrogens (primary N) is 1. The molecule has 0 saturated carbocycles. The lowest BCUT2D eigenvalue weighted by Gasteiger charge is -2.23. The Hall–Kier alpha value is -2.98. The maximum absolute atomic E-state index is 12.3. The molecule has 3 rings (SSSR count). The molecule has 0 aliphatic carbocycles. The van der Waals surface area contributed by atoms with Crippen molar-refractivity contribution in [3.05, 3.63) is 34.2 Å². The maximum Gasteiger partial charge on any atom is 0.338 e. The van der Waals surface area contributed by atoms with Crippen LogP contribution >= 0.6 is 11.3 Å². The number of nitrogen functional groups attached to an aromatic ring is 1. The SMILES string of the molecule is COc1ccc(NC(=O)NCC2OCCc3c2sc(N)c3C(=O)O)c(OC)c1. The van der Waals surface area contributed by atoms with Crippen LogP contribution in [-0.4, -0.2) is 44.5 Å². The first-order valence-corrected chi connectivity index (χ1v) is 9.29. The molecule has 9 nitrogen and oxygen atoms in total. The summed E-state index contributed by atoms with van der Waals surface area (Å²) in [5.41, 5.74) is 7.17. The number of benzene rings is 1. The predicted molar refractivity (Wildman–Crippen MR) is 105 cm³/mol. The molecule has 1 aliphatic heterocycles. The fourth-order valence-corrected chi connectivity index (χ4v) is 4.19. The van der Waals surface area contributed by atoms with Crippen LogP contribution in [-0.2, 0) is 11.2 Å². The van der Waals surface area contributed by atoms with Gasteiger partial charge in [0.2, 0.25) is 0 Å². The number of rotatable bonds is 6. The number of ether oxygens (including phenoxy) is 3. The Bertz CT molecular complexity index is 898. The zero-order valence-corrected chi connectivity index (χ0v) is 16.2. The maximum atomic E-state index is 12.3. The topological polar surface area (TPSA) is 132 Å². The van der Waals surface area contributed by atoms with Gasteiger partial charge in [0.1, 0.15) is 22.6 Å². The van der Waals surface area contributed by atoms with Crippen LogP contribution in [0, 0.1) is 0 Å². The molecule has 1 atom stereocenters. The number of urea groups is 1. The van der Waals surface area contributed by atoms with E-state index in [1.807, 2.05) is 0 Å². The molecule has 5 N–H and O–H groups in total. The number of fused-ring (bicyclic) bond motifs is 1. The van der Waals surface area contributed by atoms with Gasteiger partial charge in [-0.3, -0.25) is 0 Å². The van der Waals surface area contributed by atoms with E-state index in [-0.39, 0.29) is 17.1 Å². The molecule has 10 heteroatoms. The molecule has 1 aromatic carbocycles. The van der Waals surface area contributed by atoms with E-state index in [0.717, 1.165) is 4.88 Å². The van der Waals surface area contributed by atoms with Crippen LogP contribution in [0.1, 0.15) is 26.9 Å². The van der Waals surface area contributed by atoms with Gasteiger partial charge in [-0.25, -0.2) is 9.59 Å². The fraction of sp³-hybridized carbons (Fsp3) is 0.333. The lowest BCUT2D eigenvalue weighted by atomic mass is 10.0. The number of carbonyl (C=O) groups is 2. The van der Waals surface area contributed by atoms with Crippen molar-refractivity contribution in [3.8, 4) is 11.5 Å². The van der Waals surface area contributed by atoms with Gasteiger partial charge in [-0.1, -0.05) is 0 Å². The number of anilines is 2. The minimum absolute atomic E-state index is 0.140. The summed E-state index contributed by atoms with van der Waals surface area (Å²) in [6.07, 6.45) is 0.0313. The summed E-state index contributed by atoms with van der Waals surface area (Å²) in [6, 6.07) is 4.60. The third-order valence-corrected chi connectivity index (χ3v) is 5.50. The number of carbonyl (C=O) groups excluding carboxylic acids is 1. The van der Waals surface area contributed by atoms with Crippen LogP contribution in [0.25, 0.3) is 0 Å². The minimum atomic E-state index is -1.05. The van der Waals surface area contributed by atoms with Crippen LogP contribution < -0.4 is 25.8 Å². The summed E-state index contributed by atoms with van der Waals surface area (Å²) < 4.78 is 16.1. The number of methoxy groups -OCH3 is 2. The number of hydrogen-bond acceptors (Lipinski definition) is 7. The van der Waals surface area contributed by atoms with Crippen molar-refractivity contribution in [1.82, 2.24) is 5.32 Å². The lowest BCUT2D eigenvalue weighted by Crippen LogP contribution is -2.34. The lowest BCUT2D eigenvalue weighted by molar-refractivity contribution is 0.0467. The van der Waals surface area contributed by atoms with Crippen LogP contribution in [0.4, 0.5) is 15.5 Å². The van der Waals surface area contributed by atoms with Crippen molar-refractivity contribution in [1.29, 1.82) is 0 Å². The number of amides is 2. The highest BCUT2D eigenvalue weighted by Gasteiger charge is 2.30. The molecule has 2 amide bonds. The van der Waals surface area contributed by atoms with Gasteiger partial charge in [0.15, 0.2) is 0 Å². The van der Waals surface area contributed by atoms with Crippen LogP contribution in [0.2, 0.25) is 0 Å². The van der Waals surface area contributed by atoms with E-state index in [4.69, 9.17) is 19.9 Å². The second kappa shape index (κ2) is 8.36. The zero-order chi connectivity index (χ0) is 20.3. The molecule has 1 aliphatic rings. The molecule has 150 valence electrons. The highest BCUT2D eigenvalue weighted by molar-refractivity contribution is 7.16. The van der Waals surface area contributed by atoms with E-state index >= 15 is 0 Å². The number of carboxylic acid groups (broad SMARTS) is 1. The Morgan fingerprint density at radius 3 is 2.82 bits per heavy atom. The highest BCUT2D eigenvalue weighted by Crippen LogP contribution is 2.39. The second-order valence-corrected chi connectivity index (χ2v) is 7.08. The Kier molecular flexibility index (Phi) is 5.90. The van der Waals surface area contributed by atoms with Crippen molar-refractivity contribution in [2.45, 2.75) is 12.5 Å². The number of nitrogens with one attached hydrogen (secondary N) is 2. The summed E-state index contributed by atoms with van der Waals surface area (Å²) in [4.78, 5) is 24.5. The Morgan fingerprint density at radius 2 is 2.14 bits per heavy atom. The molecule has 28 heavy (non-hydrogen) atoms. The van der Waals surface area contributed by atoms with Crippen molar-refractivity contribution >= 4 is 34.0 Å². The van der Waals surface area contributed by atoms with E-state index in [2.05, 4.69) is 10.6 Å². The summed E-state index contributed by atoms with van der Waals surface area (Å²) in [7, 11) is 3.04. The smallest absolute Gasteiger partial charge is 0.338 e. The molecular weight excluding hydrogens is 386 g/mol. The number of thiophene rings is 1. The van der Waals surface area contributed by atoms with E-state index in [0.29, 0.717) is 35.8 Å². The summed E-state index contributed by atoms with van der Waals surface area (Å²) >= 11 is 1.19. The van der Waals surface area contributed by atoms with Crippen LogP contribution in [0.3, 0.4) is 0 Å². The molecule has 1 unspecified atom stereocenters. The van der Waals surface area contributed by atoms with Gasteiger partial charge < -0.3 is 35.7 Å². The molecule has 0 fully saturated rings. The normalized spacial score (nSPS) is 15.4. The average Bonchev–Trinajstić information content (AvgIpc) is 3.03. The number of carboxylic acids is 1. The third kappa shape index (κ3) is 3.97. The zero-order valence-electron chi connectivity index (χ0n) is 15.4. The third-order valence-electron chi connectivity index (χ3n) is 4.35. The predicted octanol–water partition coefficient (Wildman–Crippen LogP) is 2.48. The highest BCUT2D eigenvalue weighted by atomic mass is 32.1. The van der Waals surface area contributed by atoms with Crippen molar-refractivity contribution in [3.63, 3.8) is 0 Å². The quantitative estimate of drug-likeness (QED) is 0.578. The monoisotopic (exact) mass is 407 g/mol. The largest absolute Gasteiger partial charge is 0.497 e. The van der Waals surface area contributed by atoms with Crippen molar-refractivity contribution in [2.75, 3.05) is 38.4 Å². The number of hydrogen-bond donors (Lipinski definition) is 4. The molecule has 2 heterocycles. The van der Waals surface area contributed by atoms with Crippen molar-refractivity contribution in [2.24, 2.45) is 0 Å². The van der Waals surface area contributed by atoms with E-state index in [1.54, 1.807) is 25.3 Å². The summed E-state index contributed by atoms with van der Waals surface area (Å²) in [5.74, 6) is 0.0197. The van der Waals surface area contributed by atoms with Gasteiger partial charge >= 0.3 is 12.0 Å². The fourth-order valence-electron chi connectivity index (χ4n) is 3.03. The molecule has 0 bridgehead atoms. The number of aromatic carboxylic acids is 1. The van der Waals surface area contributed by atoms with Gasteiger partial charge in [-0.15, -0.1) is 11.3 Å². The van der Waals surface area contributed by atoms with E-state index in [9.17, 15) is 14.7 Å². The van der Waals surface area contributed by atoms with Gasteiger partial charge in [0.05, 0.1) is 38.6 Å². The van der Waals surface area contributed by atoms with Gasteiger partial charge in [0.25, 0.3) is 0 Å². The molecule has 1 aromatic heterocycles. The summed E-state index contributed by atoms with van der Waals surface area (Å²) in [6.45, 7) is 0.542. The average molecular weight is 407 g/mol. The molecule has 0 saturated heterocycles. The molecule has 2 aromatic rings. The minimum Gasteiger partial charge on any atom is -0.497 e. The molecule has 0 radical (unpaired) electrons. The Labute approximate surface area is 165 Å². The van der Waals surface area contributed by atoms with E-state index in [1.165, 1.54) is 18.4 Å². The van der Waals surface area contributed by atoms with Crippen LogP contribution in [0.15, 0.2) is 18.2 Å². The second-order valence-electron chi connectivity index (χ2n) is 6.00. The van der Waals surface area contributed by atoms with E-state index < -0.39 is 18.1 Å². The van der Waals surface area contributed by atoms with Gasteiger partial charge in [-0.2, -0.15) is 0 Å². The molecular formula is C18H21N3O6S. The standard InChI is InChI=1S/C18H21N3O6S/c1-25-9-3-4-11(12(7-9)26-2)21-18(24)20-8-13-15-10(5-6-27-13)14(17(22)23)16(19)28-15/h3-4,7,13H,5-6,8,19H2,1-2H3,(H,22,23)(H2,20,21,24). The van der Waals surface area contributed by atoms with Gasteiger partial charge in [-0.05, 0) is 24.1 Å². The Balaban J connectivity index is 1.67. The Morgan fingerprint density at radius 1 is 1.36 bits per heavy atom. The van der Waals surface area contributed by atoms with Crippen LogP contribution in [0.5, 0.6) is 11.5 Å². The van der Waals surface area contributed by atoms with Crippen molar-refractivity contribution < 1.29 is 28.9 Å². The molecule has 0 spiro atoms.